The van der Waals surface area contributed by atoms with Crippen LogP contribution in [0, 0.1) is 0 Å². The molecular formula is C16H18N2O. The van der Waals surface area contributed by atoms with E-state index in [9.17, 15) is 4.79 Å². The van der Waals surface area contributed by atoms with Crippen molar-refractivity contribution in [1.29, 1.82) is 0 Å². The van der Waals surface area contributed by atoms with Crippen molar-refractivity contribution in [3.63, 3.8) is 0 Å². The van der Waals surface area contributed by atoms with Crippen molar-refractivity contribution in [2.24, 2.45) is 0 Å². The van der Waals surface area contributed by atoms with Crippen molar-refractivity contribution in [3.8, 4) is 0 Å². The third kappa shape index (κ3) is 4.21. The predicted molar refractivity (Wildman–Crippen MR) is 75.6 cm³/mol. The number of aromatic nitrogens is 1. The maximum absolute atomic E-state index is 11.9. The average Bonchev–Trinajstić information content (AvgIpc) is 2.47. The first kappa shape index (κ1) is 13.3. The van der Waals surface area contributed by atoms with Gasteiger partial charge in [0.15, 0.2) is 0 Å². The lowest BCUT2D eigenvalue weighted by atomic mass is 10.1. The third-order valence-electron chi connectivity index (χ3n) is 3.05. The van der Waals surface area contributed by atoms with Gasteiger partial charge in [0.25, 0.3) is 0 Å². The molecule has 0 saturated carbocycles. The maximum Gasteiger partial charge on any atom is 0.220 e. The first-order valence-corrected chi connectivity index (χ1v) is 6.49. The Hall–Kier alpha value is -2.16. The summed E-state index contributed by atoms with van der Waals surface area (Å²) >= 11 is 0. The lowest BCUT2D eigenvalue weighted by Gasteiger charge is -2.13. The summed E-state index contributed by atoms with van der Waals surface area (Å²) in [6.07, 6.45) is 4.79. The highest BCUT2D eigenvalue weighted by Gasteiger charge is 2.09. The van der Waals surface area contributed by atoms with Crippen molar-refractivity contribution < 1.29 is 4.79 Å². The van der Waals surface area contributed by atoms with Crippen LogP contribution in [0.2, 0.25) is 0 Å². The number of amides is 1. The Balaban J connectivity index is 1.82. The molecular weight excluding hydrogens is 236 g/mol. The highest BCUT2D eigenvalue weighted by molar-refractivity contribution is 5.76. The second kappa shape index (κ2) is 6.69. The van der Waals surface area contributed by atoms with Crippen LogP contribution >= 0.6 is 0 Å². The van der Waals surface area contributed by atoms with E-state index in [2.05, 4.69) is 10.3 Å². The van der Waals surface area contributed by atoms with Crippen LogP contribution in [0.1, 0.15) is 30.5 Å². The van der Waals surface area contributed by atoms with E-state index in [4.69, 9.17) is 0 Å². The molecule has 19 heavy (non-hydrogen) atoms. The van der Waals surface area contributed by atoms with Crippen LogP contribution in [0.5, 0.6) is 0 Å². The van der Waals surface area contributed by atoms with E-state index in [-0.39, 0.29) is 11.9 Å². The Bertz CT molecular complexity index is 511. The highest BCUT2D eigenvalue weighted by Crippen LogP contribution is 2.10. The first-order valence-electron chi connectivity index (χ1n) is 6.49. The third-order valence-corrected chi connectivity index (χ3v) is 3.05. The summed E-state index contributed by atoms with van der Waals surface area (Å²) < 4.78 is 0. The predicted octanol–water partition coefficient (Wildman–Crippen LogP) is 2.89. The molecule has 1 amide bonds. The molecule has 2 rings (SSSR count). The van der Waals surface area contributed by atoms with E-state index in [1.807, 2.05) is 49.4 Å². The largest absolute Gasteiger partial charge is 0.350 e. The number of nitrogens with zero attached hydrogens (tertiary/aromatic N) is 1. The second-order valence-corrected chi connectivity index (χ2v) is 4.56. The van der Waals surface area contributed by atoms with Crippen LogP contribution in [-0.2, 0) is 11.2 Å². The van der Waals surface area contributed by atoms with E-state index in [1.54, 1.807) is 12.4 Å². The number of aryl methyl sites for hydroxylation is 1. The van der Waals surface area contributed by atoms with Crippen LogP contribution in [0.25, 0.3) is 0 Å². The summed E-state index contributed by atoms with van der Waals surface area (Å²) in [5.41, 5.74) is 2.21. The minimum atomic E-state index is -0.00280. The van der Waals surface area contributed by atoms with Gasteiger partial charge in [0.2, 0.25) is 5.91 Å². The molecule has 1 N–H and O–H groups in total. The zero-order valence-corrected chi connectivity index (χ0v) is 11.0. The van der Waals surface area contributed by atoms with Crippen LogP contribution in [0.4, 0.5) is 0 Å². The Morgan fingerprint density at radius 3 is 2.68 bits per heavy atom. The number of carbonyl (C=O) groups excluding carboxylic acids is 1. The van der Waals surface area contributed by atoms with E-state index >= 15 is 0 Å². The molecule has 2 aromatic rings. The smallest absolute Gasteiger partial charge is 0.220 e. The van der Waals surface area contributed by atoms with Crippen molar-refractivity contribution in [1.82, 2.24) is 10.3 Å². The number of nitrogens with one attached hydrogen (secondary N) is 1. The van der Waals surface area contributed by atoms with Crippen molar-refractivity contribution in [3.05, 3.63) is 66.0 Å². The molecule has 0 radical (unpaired) electrons. The molecule has 1 aromatic heterocycles. The van der Waals surface area contributed by atoms with Gasteiger partial charge < -0.3 is 5.32 Å². The summed E-state index contributed by atoms with van der Waals surface area (Å²) in [4.78, 5) is 15.9. The van der Waals surface area contributed by atoms with Gasteiger partial charge in [0.05, 0.1) is 6.04 Å². The van der Waals surface area contributed by atoms with Gasteiger partial charge in [0.1, 0.15) is 0 Å². The Labute approximate surface area is 113 Å². The molecule has 0 aliphatic carbocycles. The molecule has 3 nitrogen and oxygen atoms in total. The number of carbonyl (C=O) groups is 1. The molecule has 1 aromatic carbocycles. The Kier molecular flexibility index (Phi) is 4.67. The quantitative estimate of drug-likeness (QED) is 0.891. The average molecular weight is 254 g/mol. The van der Waals surface area contributed by atoms with Gasteiger partial charge in [0, 0.05) is 18.8 Å². The molecule has 0 aliphatic heterocycles. The number of hydrogen-bond donors (Lipinski definition) is 1. The SMILES string of the molecule is CC(NC(=O)CCc1ccccc1)c1cccnc1. The minimum absolute atomic E-state index is 0.00280. The maximum atomic E-state index is 11.9. The van der Waals surface area contributed by atoms with Crippen LogP contribution in [0.15, 0.2) is 54.9 Å². The van der Waals surface area contributed by atoms with Gasteiger partial charge in [-0.1, -0.05) is 36.4 Å². The molecule has 1 heterocycles. The van der Waals surface area contributed by atoms with Gasteiger partial charge in [-0.05, 0) is 30.5 Å². The summed E-state index contributed by atoms with van der Waals surface area (Å²) in [5, 5.41) is 2.99. The molecule has 1 atom stereocenters. The van der Waals surface area contributed by atoms with Gasteiger partial charge in [-0.15, -0.1) is 0 Å². The first-order chi connectivity index (χ1) is 9.25. The number of benzene rings is 1. The lowest BCUT2D eigenvalue weighted by molar-refractivity contribution is -0.121. The summed E-state index contributed by atoms with van der Waals surface area (Å²) in [6, 6.07) is 13.9. The molecule has 0 fully saturated rings. The van der Waals surface area contributed by atoms with Gasteiger partial charge in [-0.2, -0.15) is 0 Å². The molecule has 0 saturated heterocycles. The van der Waals surface area contributed by atoms with Gasteiger partial charge >= 0.3 is 0 Å². The number of hydrogen-bond acceptors (Lipinski definition) is 2. The summed E-state index contributed by atoms with van der Waals surface area (Å²) in [5.74, 6) is 0.0696. The second-order valence-electron chi connectivity index (χ2n) is 4.56. The van der Waals surface area contributed by atoms with Gasteiger partial charge in [-0.3, -0.25) is 9.78 Å². The molecule has 0 bridgehead atoms. The van der Waals surface area contributed by atoms with Crippen molar-refractivity contribution in [2.45, 2.75) is 25.8 Å². The number of rotatable bonds is 5. The molecule has 0 spiro atoms. The molecule has 98 valence electrons. The highest BCUT2D eigenvalue weighted by atomic mass is 16.1. The summed E-state index contributed by atoms with van der Waals surface area (Å²) in [7, 11) is 0. The fourth-order valence-electron chi connectivity index (χ4n) is 1.93. The zero-order valence-electron chi connectivity index (χ0n) is 11.0. The fraction of sp³-hybridized carbons (Fsp3) is 0.250. The Morgan fingerprint density at radius 1 is 1.21 bits per heavy atom. The monoisotopic (exact) mass is 254 g/mol. The molecule has 1 unspecified atom stereocenters. The van der Waals surface area contributed by atoms with Crippen molar-refractivity contribution in [2.75, 3.05) is 0 Å². The number of pyridine rings is 1. The van der Waals surface area contributed by atoms with E-state index in [0.29, 0.717) is 6.42 Å². The van der Waals surface area contributed by atoms with E-state index in [1.165, 1.54) is 5.56 Å². The lowest BCUT2D eigenvalue weighted by Crippen LogP contribution is -2.26. The molecule has 0 aliphatic rings. The van der Waals surface area contributed by atoms with Crippen LogP contribution in [0.3, 0.4) is 0 Å². The Morgan fingerprint density at radius 2 is 2.00 bits per heavy atom. The minimum Gasteiger partial charge on any atom is -0.350 e. The van der Waals surface area contributed by atoms with E-state index < -0.39 is 0 Å². The van der Waals surface area contributed by atoms with Crippen LogP contribution < -0.4 is 5.32 Å². The standard InChI is InChI=1S/C16H18N2O/c1-13(15-8-5-11-17-12-15)18-16(19)10-9-14-6-3-2-4-7-14/h2-8,11-13H,9-10H2,1H3,(H,18,19). The fourth-order valence-corrected chi connectivity index (χ4v) is 1.93. The van der Waals surface area contributed by atoms with E-state index in [0.717, 1.165) is 12.0 Å². The normalized spacial score (nSPS) is 11.8. The zero-order chi connectivity index (χ0) is 13.5. The van der Waals surface area contributed by atoms with Crippen LogP contribution in [-0.4, -0.2) is 10.9 Å². The topological polar surface area (TPSA) is 42.0 Å². The summed E-state index contributed by atoms with van der Waals surface area (Å²) in [6.45, 7) is 1.97. The van der Waals surface area contributed by atoms with Gasteiger partial charge in [-0.25, -0.2) is 0 Å². The van der Waals surface area contributed by atoms with Crippen molar-refractivity contribution >= 4 is 5.91 Å². The molecule has 3 heteroatoms.